The first-order chi connectivity index (χ1) is 5.11. The number of carbonyl (C=O) groups excluding carboxylic acids is 2. The van der Waals surface area contributed by atoms with E-state index in [0.717, 1.165) is 0 Å². The molecule has 0 bridgehead atoms. The molecule has 1 heterocycles. The van der Waals surface area contributed by atoms with Crippen molar-refractivity contribution < 1.29 is 9.59 Å². The number of nitrogens with two attached hydrogens (primary N) is 2. The lowest BCUT2D eigenvalue weighted by molar-refractivity contribution is -0.121. The SMILES string of the molecule is NC(=O)C1CNC(C(N)=O)C1. The number of carbonyl (C=O) groups is 2. The van der Waals surface area contributed by atoms with Crippen LogP contribution in [0, 0.1) is 5.92 Å². The van der Waals surface area contributed by atoms with Crippen LogP contribution in [0.1, 0.15) is 6.42 Å². The molecular formula is C6H11N3O2. The first-order valence-corrected chi connectivity index (χ1v) is 3.43. The van der Waals surface area contributed by atoms with Gasteiger partial charge in [-0.25, -0.2) is 0 Å². The normalized spacial score (nSPS) is 30.2. The Morgan fingerprint density at radius 1 is 1.27 bits per heavy atom. The fourth-order valence-electron chi connectivity index (χ4n) is 1.17. The average molecular weight is 157 g/mol. The smallest absolute Gasteiger partial charge is 0.234 e. The molecular weight excluding hydrogens is 146 g/mol. The van der Waals surface area contributed by atoms with E-state index in [4.69, 9.17) is 11.5 Å². The fourth-order valence-corrected chi connectivity index (χ4v) is 1.17. The van der Waals surface area contributed by atoms with Crippen LogP contribution in [0.5, 0.6) is 0 Å². The zero-order valence-corrected chi connectivity index (χ0v) is 6.04. The van der Waals surface area contributed by atoms with Gasteiger partial charge in [0.25, 0.3) is 0 Å². The van der Waals surface area contributed by atoms with Gasteiger partial charge in [-0.15, -0.1) is 0 Å². The molecule has 0 aromatic rings. The van der Waals surface area contributed by atoms with Gasteiger partial charge in [0.15, 0.2) is 0 Å². The Balaban J connectivity index is 2.47. The predicted molar refractivity (Wildman–Crippen MR) is 38.3 cm³/mol. The molecule has 62 valence electrons. The van der Waals surface area contributed by atoms with Crippen LogP contribution >= 0.6 is 0 Å². The van der Waals surface area contributed by atoms with Gasteiger partial charge >= 0.3 is 0 Å². The first-order valence-electron chi connectivity index (χ1n) is 3.43. The van der Waals surface area contributed by atoms with Gasteiger partial charge in [-0.1, -0.05) is 0 Å². The molecule has 0 spiro atoms. The van der Waals surface area contributed by atoms with E-state index in [2.05, 4.69) is 5.32 Å². The van der Waals surface area contributed by atoms with Gasteiger partial charge < -0.3 is 16.8 Å². The second kappa shape index (κ2) is 2.87. The van der Waals surface area contributed by atoms with Crippen LogP contribution in [0.25, 0.3) is 0 Å². The predicted octanol–water partition coefficient (Wildman–Crippen LogP) is -2.06. The van der Waals surface area contributed by atoms with Gasteiger partial charge in [0, 0.05) is 6.54 Å². The quantitative estimate of drug-likeness (QED) is 0.429. The van der Waals surface area contributed by atoms with Gasteiger partial charge in [0.05, 0.1) is 12.0 Å². The number of primary amides is 2. The molecule has 2 unspecified atom stereocenters. The van der Waals surface area contributed by atoms with Crippen LogP contribution in [0.3, 0.4) is 0 Å². The van der Waals surface area contributed by atoms with E-state index in [1.54, 1.807) is 0 Å². The van der Waals surface area contributed by atoms with Crippen LogP contribution < -0.4 is 16.8 Å². The van der Waals surface area contributed by atoms with Crippen molar-refractivity contribution in [3.8, 4) is 0 Å². The van der Waals surface area contributed by atoms with Gasteiger partial charge in [-0.2, -0.15) is 0 Å². The highest BCUT2D eigenvalue weighted by molar-refractivity contribution is 5.83. The van der Waals surface area contributed by atoms with Crippen LogP contribution in [-0.2, 0) is 9.59 Å². The van der Waals surface area contributed by atoms with Crippen molar-refractivity contribution in [2.75, 3.05) is 6.54 Å². The van der Waals surface area contributed by atoms with Crippen molar-refractivity contribution in [1.82, 2.24) is 5.32 Å². The van der Waals surface area contributed by atoms with E-state index in [9.17, 15) is 9.59 Å². The maximum absolute atomic E-state index is 10.6. The summed E-state index contributed by atoms with van der Waals surface area (Å²) < 4.78 is 0. The second-order valence-electron chi connectivity index (χ2n) is 2.70. The number of hydrogen-bond acceptors (Lipinski definition) is 3. The lowest BCUT2D eigenvalue weighted by Crippen LogP contribution is -2.36. The summed E-state index contributed by atoms with van der Waals surface area (Å²) in [6, 6.07) is -0.382. The van der Waals surface area contributed by atoms with Gasteiger partial charge in [0.2, 0.25) is 11.8 Å². The summed E-state index contributed by atoms with van der Waals surface area (Å²) in [4.78, 5) is 21.2. The summed E-state index contributed by atoms with van der Waals surface area (Å²) in [7, 11) is 0. The summed E-state index contributed by atoms with van der Waals surface area (Å²) >= 11 is 0. The molecule has 0 radical (unpaired) electrons. The highest BCUT2D eigenvalue weighted by Gasteiger charge is 2.30. The number of rotatable bonds is 2. The maximum Gasteiger partial charge on any atom is 0.234 e. The Labute approximate surface area is 64.1 Å². The summed E-state index contributed by atoms with van der Waals surface area (Å²) in [5, 5.41) is 2.81. The van der Waals surface area contributed by atoms with Crippen molar-refractivity contribution in [2.24, 2.45) is 17.4 Å². The molecule has 0 aromatic heterocycles. The molecule has 11 heavy (non-hydrogen) atoms. The summed E-state index contributed by atoms with van der Waals surface area (Å²) in [5.74, 6) is -1.04. The number of hydrogen-bond donors (Lipinski definition) is 3. The molecule has 0 saturated carbocycles. The zero-order valence-electron chi connectivity index (χ0n) is 6.04. The molecule has 1 aliphatic rings. The van der Waals surface area contributed by atoms with Gasteiger partial charge in [-0.3, -0.25) is 9.59 Å². The van der Waals surface area contributed by atoms with Crippen molar-refractivity contribution in [2.45, 2.75) is 12.5 Å². The third-order valence-corrected chi connectivity index (χ3v) is 1.88. The van der Waals surface area contributed by atoms with E-state index in [1.807, 2.05) is 0 Å². The summed E-state index contributed by atoms with van der Waals surface area (Å²) in [6.45, 7) is 0.461. The summed E-state index contributed by atoms with van der Waals surface area (Å²) in [5.41, 5.74) is 10.0. The van der Waals surface area contributed by atoms with Crippen molar-refractivity contribution in [3.05, 3.63) is 0 Å². The van der Waals surface area contributed by atoms with Crippen molar-refractivity contribution in [3.63, 3.8) is 0 Å². The first kappa shape index (κ1) is 8.00. The third kappa shape index (κ3) is 1.68. The third-order valence-electron chi connectivity index (χ3n) is 1.88. The molecule has 1 aliphatic heterocycles. The van der Waals surface area contributed by atoms with E-state index < -0.39 is 5.91 Å². The molecule has 1 fully saturated rings. The molecule has 2 amide bonds. The molecule has 1 rings (SSSR count). The summed E-state index contributed by atoms with van der Waals surface area (Å²) in [6.07, 6.45) is 0.435. The second-order valence-corrected chi connectivity index (χ2v) is 2.70. The largest absolute Gasteiger partial charge is 0.369 e. The van der Waals surface area contributed by atoms with E-state index in [0.29, 0.717) is 13.0 Å². The maximum atomic E-state index is 10.6. The van der Waals surface area contributed by atoms with Crippen molar-refractivity contribution in [1.29, 1.82) is 0 Å². The Morgan fingerprint density at radius 3 is 2.18 bits per heavy atom. The molecule has 5 heteroatoms. The van der Waals surface area contributed by atoms with Crippen LogP contribution in [0.15, 0.2) is 0 Å². The Morgan fingerprint density at radius 2 is 1.91 bits per heavy atom. The molecule has 1 saturated heterocycles. The van der Waals surface area contributed by atoms with Crippen LogP contribution in [-0.4, -0.2) is 24.4 Å². The highest BCUT2D eigenvalue weighted by atomic mass is 16.2. The Kier molecular flexibility index (Phi) is 2.09. The minimum Gasteiger partial charge on any atom is -0.369 e. The van der Waals surface area contributed by atoms with Crippen molar-refractivity contribution >= 4 is 11.8 Å². The van der Waals surface area contributed by atoms with E-state index in [-0.39, 0.29) is 17.9 Å². The molecule has 5 N–H and O–H groups in total. The fraction of sp³-hybridized carbons (Fsp3) is 0.667. The minimum absolute atomic E-state index is 0.243. The van der Waals surface area contributed by atoms with Crippen LogP contribution in [0.2, 0.25) is 0 Å². The molecule has 5 nitrogen and oxygen atoms in total. The lowest BCUT2D eigenvalue weighted by atomic mass is 10.1. The lowest BCUT2D eigenvalue weighted by Gasteiger charge is -2.02. The topological polar surface area (TPSA) is 98.2 Å². The van der Waals surface area contributed by atoms with E-state index >= 15 is 0 Å². The monoisotopic (exact) mass is 157 g/mol. The molecule has 2 atom stereocenters. The average Bonchev–Trinajstić information content (AvgIpc) is 2.33. The number of nitrogens with one attached hydrogen (secondary N) is 1. The Bertz CT molecular complexity index is 172. The highest BCUT2D eigenvalue weighted by Crippen LogP contribution is 2.12. The molecule has 0 aliphatic carbocycles. The zero-order chi connectivity index (χ0) is 8.43. The van der Waals surface area contributed by atoms with Gasteiger partial charge in [-0.05, 0) is 6.42 Å². The number of amides is 2. The van der Waals surface area contributed by atoms with E-state index in [1.165, 1.54) is 0 Å². The van der Waals surface area contributed by atoms with Gasteiger partial charge in [0.1, 0.15) is 0 Å². The Hall–Kier alpha value is -1.10. The molecule has 0 aromatic carbocycles. The standard InChI is InChI=1S/C6H11N3O2/c7-5(10)3-1-4(6(8)11)9-2-3/h3-4,9H,1-2H2,(H2,7,10)(H2,8,11). The minimum atomic E-state index is -0.422. The van der Waals surface area contributed by atoms with Crippen LogP contribution in [0.4, 0.5) is 0 Å².